The molecule has 0 unspecified atom stereocenters. The molecule has 1 aliphatic rings. The molecule has 0 aromatic carbocycles. The molecule has 148 valence electrons. The summed E-state index contributed by atoms with van der Waals surface area (Å²) in [6, 6.07) is 7.53. The molecule has 0 radical (unpaired) electrons. The fourth-order valence-corrected chi connectivity index (χ4v) is 4.29. The number of aromatic nitrogens is 5. The third-order valence-corrected chi connectivity index (χ3v) is 5.82. The average Bonchev–Trinajstić information content (AvgIpc) is 3.16. The molecular weight excluding hydrogens is 368 g/mol. The van der Waals surface area contributed by atoms with Crippen LogP contribution >= 0.6 is 0 Å². The number of H-pyrrole nitrogens is 1. The Kier molecular flexibility index (Phi) is 4.09. The van der Waals surface area contributed by atoms with Gasteiger partial charge in [0.1, 0.15) is 11.3 Å². The summed E-state index contributed by atoms with van der Waals surface area (Å²) in [7, 11) is 0. The third-order valence-electron chi connectivity index (χ3n) is 5.82. The minimum Gasteiger partial charge on any atom is -0.393 e. The smallest absolute Gasteiger partial charge is 0.261 e. The van der Waals surface area contributed by atoms with E-state index in [1.165, 1.54) is 0 Å². The van der Waals surface area contributed by atoms with Crippen molar-refractivity contribution in [1.29, 1.82) is 0 Å². The van der Waals surface area contributed by atoms with Crippen molar-refractivity contribution in [2.45, 2.75) is 44.8 Å². The van der Waals surface area contributed by atoms with E-state index >= 15 is 0 Å². The first-order valence-electron chi connectivity index (χ1n) is 9.83. The third kappa shape index (κ3) is 2.96. The van der Waals surface area contributed by atoms with Crippen LogP contribution in [-0.4, -0.2) is 35.7 Å². The minimum absolute atomic E-state index is 0.0451. The van der Waals surface area contributed by atoms with E-state index in [9.17, 15) is 9.90 Å². The van der Waals surface area contributed by atoms with Crippen molar-refractivity contribution >= 4 is 28.0 Å². The summed E-state index contributed by atoms with van der Waals surface area (Å²) < 4.78 is 1.74. The number of aryl methyl sites for hydroxylation is 1. The lowest BCUT2D eigenvalue weighted by molar-refractivity contribution is 0.111. The van der Waals surface area contributed by atoms with Crippen LogP contribution in [-0.2, 0) is 0 Å². The summed E-state index contributed by atoms with van der Waals surface area (Å²) in [6.07, 6.45) is 4.27. The Balaban J connectivity index is 1.78. The predicted octanol–water partition coefficient (Wildman–Crippen LogP) is 2.70. The van der Waals surface area contributed by atoms with Gasteiger partial charge in [0.05, 0.1) is 23.1 Å². The van der Waals surface area contributed by atoms with Gasteiger partial charge >= 0.3 is 0 Å². The Labute approximate surface area is 166 Å². The van der Waals surface area contributed by atoms with Crippen LogP contribution < -0.4 is 11.3 Å². The largest absolute Gasteiger partial charge is 0.393 e. The van der Waals surface area contributed by atoms with Crippen LogP contribution in [0.4, 0.5) is 5.95 Å². The topological polar surface area (TPSA) is 123 Å². The van der Waals surface area contributed by atoms with E-state index in [1.807, 2.05) is 37.4 Å². The molecule has 29 heavy (non-hydrogen) atoms. The van der Waals surface area contributed by atoms with E-state index in [2.05, 4.69) is 19.9 Å². The van der Waals surface area contributed by atoms with Crippen LogP contribution in [0, 0.1) is 6.92 Å². The van der Waals surface area contributed by atoms with Crippen LogP contribution in [0.5, 0.6) is 0 Å². The predicted molar refractivity (Wildman–Crippen MR) is 112 cm³/mol. The maximum Gasteiger partial charge on any atom is 0.261 e. The van der Waals surface area contributed by atoms with Crippen molar-refractivity contribution in [2.24, 2.45) is 0 Å². The van der Waals surface area contributed by atoms with Crippen LogP contribution in [0.25, 0.3) is 33.3 Å². The summed E-state index contributed by atoms with van der Waals surface area (Å²) in [5.74, 6) is 0.151. The van der Waals surface area contributed by atoms with Gasteiger partial charge in [0.15, 0.2) is 0 Å². The molecule has 0 amide bonds. The number of anilines is 1. The van der Waals surface area contributed by atoms with Gasteiger partial charge in [0.25, 0.3) is 5.56 Å². The van der Waals surface area contributed by atoms with Gasteiger partial charge < -0.3 is 15.8 Å². The molecule has 5 rings (SSSR count). The molecule has 0 saturated heterocycles. The highest BCUT2D eigenvalue weighted by molar-refractivity contribution is 5.85. The van der Waals surface area contributed by atoms with E-state index in [4.69, 9.17) is 5.73 Å². The van der Waals surface area contributed by atoms with Crippen molar-refractivity contribution in [2.75, 3.05) is 5.73 Å². The lowest BCUT2D eigenvalue weighted by atomic mass is 9.92. The number of nitrogens with zero attached hydrogens (tertiary/aromatic N) is 4. The molecular formula is C21H22N6O2. The first-order valence-corrected chi connectivity index (χ1v) is 9.83. The molecule has 0 spiro atoms. The van der Waals surface area contributed by atoms with Gasteiger partial charge in [-0.05, 0) is 56.9 Å². The normalized spacial score (nSPS) is 19.8. The number of aliphatic hydroxyl groups is 1. The minimum atomic E-state index is -0.310. The maximum absolute atomic E-state index is 13.6. The number of fused-ring (bicyclic) bond motifs is 2. The van der Waals surface area contributed by atoms with Gasteiger partial charge in [0, 0.05) is 23.0 Å². The Morgan fingerprint density at radius 2 is 1.93 bits per heavy atom. The van der Waals surface area contributed by atoms with Crippen molar-refractivity contribution in [3.8, 4) is 11.3 Å². The SMILES string of the molecule is Cc1nc(N)nc2c1cc(-c1ccc3cc[nH]c3n1)c(=O)n2[C@H]1CC[C@@H](O)CC1. The van der Waals surface area contributed by atoms with Gasteiger partial charge in [-0.1, -0.05) is 0 Å². The lowest BCUT2D eigenvalue weighted by Gasteiger charge is -2.28. The molecule has 1 aliphatic carbocycles. The van der Waals surface area contributed by atoms with Crippen LogP contribution in [0.3, 0.4) is 0 Å². The van der Waals surface area contributed by atoms with E-state index in [-0.39, 0.29) is 23.7 Å². The number of nitrogen functional groups attached to an aromatic ring is 1. The summed E-state index contributed by atoms with van der Waals surface area (Å²) in [6.45, 7) is 1.87. The van der Waals surface area contributed by atoms with Crippen LogP contribution in [0.15, 0.2) is 35.3 Å². The molecule has 4 heterocycles. The highest BCUT2D eigenvalue weighted by Gasteiger charge is 2.26. The second kappa shape index (κ2) is 6.66. The monoisotopic (exact) mass is 390 g/mol. The van der Waals surface area contributed by atoms with Crippen LogP contribution in [0.1, 0.15) is 37.4 Å². The Bertz CT molecular complexity index is 1280. The summed E-state index contributed by atoms with van der Waals surface area (Å²) >= 11 is 0. The van der Waals surface area contributed by atoms with Crippen molar-refractivity contribution in [3.05, 3.63) is 46.5 Å². The average molecular weight is 390 g/mol. The molecule has 1 fully saturated rings. The Hall–Kier alpha value is -3.26. The second-order valence-electron chi connectivity index (χ2n) is 7.71. The number of rotatable bonds is 2. The molecule has 0 aliphatic heterocycles. The zero-order valence-corrected chi connectivity index (χ0v) is 16.1. The van der Waals surface area contributed by atoms with Crippen molar-refractivity contribution in [1.82, 2.24) is 24.5 Å². The number of hydrogen-bond acceptors (Lipinski definition) is 6. The standard InChI is InChI=1S/C21H22N6O2/c1-11-15-10-16(17-7-2-12-8-9-23-18(12)25-17)20(29)27(19(15)26-21(22)24-11)13-3-5-14(28)6-4-13/h2,7-10,13-14,28H,3-6H2,1H3,(H,23,25)(H2,22,24,26)/t13-,14+. The molecule has 8 nitrogen and oxygen atoms in total. The quantitative estimate of drug-likeness (QED) is 0.484. The molecule has 4 aromatic heterocycles. The van der Waals surface area contributed by atoms with E-state index in [1.54, 1.807) is 4.57 Å². The summed E-state index contributed by atoms with van der Waals surface area (Å²) in [4.78, 5) is 30.1. The molecule has 4 aromatic rings. The molecule has 0 atom stereocenters. The highest BCUT2D eigenvalue weighted by atomic mass is 16.3. The summed E-state index contributed by atoms with van der Waals surface area (Å²) in [5.41, 5.74) is 8.88. The first kappa shape index (κ1) is 17.8. The van der Waals surface area contributed by atoms with Crippen molar-refractivity contribution < 1.29 is 5.11 Å². The van der Waals surface area contributed by atoms with E-state index < -0.39 is 0 Å². The number of hydrogen-bond donors (Lipinski definition) is 3. The van der Waals surface area contributed by atoms with E-state index in [0.717, 1.165) is 22.1 Å². The second-order valence-corrected chi connectivity index (χ2v) is 7.71. The fraction of sp³-hybridized carbons (Fsp3) is 0.333. The highest BCUT2D eigenvalue weighted by Crippen LogP contribution is 2.31. The number of aliphatic hydroxyl groups excluding tert-OH is 1. The number of aromatic amines is 1. The summed E-state index contributed by atoms with van der Waals surface area (Å²) in [5, 5.41) is 11.7. The zero-order chi connectivity index (χ0) is 20.1. The number of nitrogens with one attached hydrogen (secondary N) is 1. The zero-order valence-electron chi connectivity index (χ0n) is 16.1. The van der Waals surface area contributed by atoms with Gasteiger partial charge in [-0.2, -0.15) is 4.98 Å². The van der Waals surface area contributed by atoms with Gasteiger partial charge in [-0.25, -0.2) is 9.97 Å². The molecule has 4 N–H and O–H groups in total. The van der Waals surface area contributed by atoms with Gasteiger partial charge in [-0.3, -0.25) is 9.36 Å². The Morgan fingerprint density at radius 1 is 1.14 bits per heavy atom. The van der Waals surface area contributed by atoms with Crippen molar-refractivity contribution in [3.63, 3.8) is 0 Å². The molecule has 8 heteroatoms. The number of nitrogens with two attached hydrogens (primary N) is 1. The molecule has 1 saturated carbocycles. The van der Waals surface area contributed by atoms with Gasteiger partial charge in [-0.15, -0.1) is 0 Å². The lowest BCUT2D eigenvalue weighted by Crippen LogP contribution is -2.31. The number of pyridine rings is 2. The van der Waals surface area contributed by atoms with E-state index in [0.29, 0.717) is 42.6 Å². The molecule has 0 bridgehead atoms. The Morgan fingerprint density at radius 3 is 2.72 bits per heavy atom. The van der Waals surface area contributed by atoms with Gasteiger partial charge in [0.2, 0.25) is 5.95 Å². The first-order chi connectivity index (χ1) is 14.0. The van der Waals surface area contributed by atoms with Crippen LogP contribution in [0.2, 0.25) is 0 Å². The maximum atomic E-state index is 13.6. The fourth-order valence-electron chi connectivity index (χ4n) is 4.29.